The van der Waals surface area contributed by atoms with E-state index in [0.29, 0.717) is 12.8 Å². The topological polar surface area (TPSA) is 124 Å². The third-order valence-electron chi connectivity index (χ3n) is 6.36. The van der Waals surface area contributed by atoms with Gasteiger partial charge in [-0.2, -0.15) is 8.42 Å². The molecule has 0 aliphatic carbocycles. The molecule has 3 atom stereocenters. The third-order valence-corrected chi connectivity index (χ3v) is 7.14. The number of carbonyl (C=O) groups excluding carboxylic acids is 1. The molecule has 0 aromatic rings. The number of unbranched alkanes of at least 4 members (excludes halogenated alkanes) is 11. The Morgan fingerprint density at radius 1 is 0.718 bits per heavy atom. The van der Waals surface area contributed by atoms with E-state index in [2.05, 4.69) is 55.6 Å². The SMILES string of the molecule is CCCC/C=C/CC/C=C/C(O)C(CS(=O)(=O)O)NC(=O)C(O)CCCCCCC/C=C\C=C/CCCCC. The van der Waals surface area contributed by atoms with Gasteiger partial charge in [0.2, 0.25) is 5.91 Å². The molecule has 0 rings (SSSR count). The van der Waals surface area contributed by atoms with Crippen molar-refractivity contribution >= 4 is 16.0 Å². The number of rotatable bonds is 25. The lowest BCUT2D eigenvalue weighted by atomic mass is 10.1. The number of carbonyl (C=O) groups is 1. The van der Waals surface area contributed by atoms with Crippen LogP contribution in [0.1, 0.15) is 117 Å². The first-order valence-corrected chi connectivity index (χ1v) is 16.6. The number of amides is 1. The molecule has 1 amide bonds. The maximum absolute atomic E-state index is 12.4. The van der Waals surface area contributed by atoms with E-state index in [1.165, 1.54) is 25.3 Å². The molecule has 0 saturated carbocycles. The normalized spacial score (nSPS) is 15.1. The molecule has 0 aromatic carbocycles. The van der Waals surface area contributed by atoms with Gasteiger partial charge in [-0.25, -0.2) is 0 Å². The summed E-state index contributed by atoms with van der Waals surface area (Å²) in [7, 11) is -4.44. The largest absolute Gasteiger partial charge is 0.387 e. The van der Waals surface area contributed by atoms with Crippen LogP contribution >= 0.6 is 0 Å². The lowest BCUT2D eigenvalue weighted by Crippen LogP contribution is -2.50. The lowest BCUT2D eigenvalue weighted by Gasteiger charge is -2.22. The molecule has 0 heterocycles. The van der Waals surface area contributed by atoms with Gasteiger partial charge in [0.15, 0.2) is 0 Å². The Morgan fingerprint density at radius 3 is 1.90 bits per heavy atom. The van der Waals surface area contributed by atoms with Gasteiger partial charge >= 0.3 is 0 Å². The average Bonchev–Trinajstić information content (AvgIpc) is 2.88. The molecule has 3 unspecified atom stereocenters. The zero-order valence-corrected chi connectivity index (χ0v) is 25.2. The minimum Gasteiger partial charge on any atom is -0.387 e. The molecular formula is C31H55NO6S. The summed E-state index contributed by atoms with van der Waals surface area (Å²) in [6.45, 7) is 4.34. The fourth-order valence-corrected chi connectivity index (χ4v) is 4.71. The van der Waals surface area contributed by atoms with Crippen molar-refractivity contribution in [1.29, 1.82) is 0 Å². The summed E-state index contributed by atoms with van der Waals surface area (Å²) in [6, 6.07) is -1.25. The van der Waals surface area contributed by atoms with Gasteiger partial charge in [0.25, 0.3) is 10.1 Å². The number of aliphatic hydroxyl groups excluding tert-OH is 2. The smallest absolute Gasteiger partial charge is 0.267 e. The van der Waals surface area contributed by atoms with Crippen LogP contribution in [-0.2, 0) is 14.9 Å². The predicted molar refractivity (Wildman–Crippen MR) is 162 cm³/mol. The minimum absolute atomic E-state index is 0.253. The van der Waals surface area contributed by atoms with Crippen LogP contribution in [0.5, 0.6) is 0 Å². The molecule has 0 aliphatic heterocycles. The van der Waals surface area contributed by atoms with Crippen LogP contribution in [0.3, 0.4) is 0 Å². The average molecular weight is 570 g/mol. The van der Waals surface area contributed by atoms with Gasteiger partial charge in [-0.3, -0.25) is 9.35 Å². The van der Waals surface area contributed by atoms with Crippen molar-refractivity contribution in [3.8, 4) is 0 Å². The molecule has 0 saturated heterocycles. The van der Waals surface area contributed by atoms with Gasteiger partial charge in [-0.15, -0.1) is 0 Å². The molecular weight excluding hydrogens is 514 g/mol. The Balaban J connectivity index is 4.29. The summed E-state index contributed by atoms with van der Waals surface area (Å²) < 4.78 is 32.1. The summed E-state index contributed by atoms with van der Waals surface area (Å²) in [5.74, 6) is -1.58. The number of nitrogens with one attached hydrogen (secondary N) is 1. The van der Waals surface area contributed by atoms with Gasteiger partial charge < -0.3 is 15.5 Å². The van der Waals surface area contributed by atoms with Crippen LogP contribution in [0.15, 0.2) is 48.6 Å². The van der Waals surface area contributed by atoms with E-state index in [-0.39, 0.29) is 6.42 Å². The second-order valence-corrected chi connectivity index (χ2v) is 11.7. The first kappa shape index (κ1) is 37.3. The molecule has 226 valence electrons. The molecule has 7 nitrogen and oxygen atoms in total. The van der Waals surface area contributed by atoms with Gasteiger partial charge in [-0.1, -0.05) is 114 Å². The van der Waals surface area contributed by atoms with Crippen LogP contribution in [0, 0.1) is 0 Å². The monoisotopic (exact) mass is 569 g/mol. The highest BCUT2D eigenvalue weighted by Crippen LogP contribution is 2.11. The first-order chi connectivity index (χ1) is 18.7. The first-order valence-electron chi connectivity index (χ1n) is 15.0. The molecule has 0 radical (unpaired) electrons. The van der Waals surface area contributed by atoms with E-state index in [1.807, 2.05) is 0 Å². The summed E-state index contributed by atoms with van der Waals surface area (Å²) in [5.41, 5.74) is 0. The maximum Gasteiger partial charge on any atom is 0.267 e. The molecule has 4 N–H and O–H groups in total. The summed E-state index contributed by atoms with van der Waals surface area (Å²) in [5, 5.41) is 23.0. The van der Waals surface area contributed by atoms with Crippen LogP contribution < -0.4 is 5.32 Å². The maximum atomic E-state index is 12.4. The van der Waals surface area contributed by atoms with Crippen molar-refractivity contribution in [3.05, 3.63) is 48.6 Å². The highest BCUT2D eigenvalue weighted by atomic mass is 32.2. The van der Waals surface area contributed by atoms with Crippen LogP contribution in [0.4, 0.5) is 0 Å². The zero-order valence-electron chi connectivity index (χ0n) is 24.3. The van der Waals surface area contributed by atoms with Crippen LogP contribution in [0.25, 0.3) is 0 Å². The molecule has 0 aliphatic rings. The minimum atomic E-state index is -4.44. The van der Waals surface area contributed by atoms with Crippen molar-refractivity contribution in [2.24, 2.45) is 0 Å². The number of hydrogen-bond donors (Lipinski definition) is 4. The quantitative estimate of drug-likeness (QED) is 0.0426. The Bertz CT molecular complexity index is 819. The van der Waals surface area contributed by atoms with E-state index in [0.717, 1.165) is 64.2 Å². The van der Waals surface area contributed by atoms with Crippen molar-refractivity contribution < 1.29 is 28.0 Å². The van der Waals surface area contributed by atoms with Gasteiger partial charge in [0.1, 0.15) is 6.10 Å². The summed E-state index contributed by atoms with van der Waals surface area (Å²) >= 11 is 0. The van der Waals surface area contributed by atoms with Crippen molar-refractivity contribution in [2.45, 2.75) is 135 Å². The Labute approximate surface area is 238 Å². The molecule has 0 spiro atoms. The van der Waals surface area contributed by atoms with E-state index in [4.69, 9.17) is 0 Å². The fraction of sp³-hybridized carbons (Fsp3) is 0.710. The highest BCUT2D eigenvalue weighted by Gasteiger charge is 2.27. The van der Waals surface area contributed by atoms with Crippen LogP contribution in [0.2, 0.25) is 0 Å². The van der Waals surface area contributed by atoms with E-state index >= 15 is 0 Å². The standard InChI is InChI=1S/C31H55NO6S/c1-3-5-7-9-11-13-14-15-16-17-18-20-22-24-26-30(34)31(35)32-28(27-39(36,37)38)29(33)25-23-21-19-12-10-8-6-4-2/h10-15,23,25,28-30,33-34H,3-9,16-22,24,26-27H2,1-2H3,(H,32,35)(H,36,37,38)/b12-10+,13-11-,15-14-,25-23+. The van der Waals surface area contributed by atoms with Crippen LogP contribution in [-0.4, -0.2) is 53.1 Å². The summed E-state index contributed by atoms with van der Waals surface area (Å²) in [4.78, 5) is 12.4. The van der Waals surface area contributed by atoms with E-state index in [1.54, 1.807) is 6.08 Å². The predicted octanol–water partition coefficient (Wildman–Crippen LogP) is 6.59. The van der Waals surface area contributed by atoms with Gasteiger partial charge in [-0.05, 0) is 51.4 Å². The zero-order chi connectivity index (χ0) is 29.2. The second kappa shape index (κ2) is 25.2. The molecule has 0 fully saturated rings. The van der Waals surface area contributed by atoms with Crippen molar-refractivity contribution in [3.63, 3.8) is 0 Å². The highest BCUT2D eigenvalue weighted by molar-refractivity contribution is 7.85. The Morgan fingerprint density at radius 2 is 1.26 bits per heavy atom. The number of hydrogen-bond acceptors (Lipinski definition) is 5. The Hall–Kier alpha value is -1.74. The van der Waals surface area contributed by atoms with E-state index < -0.39 is 40.0 Å². The summed E-state index contributed by atoms with van der Waals surface area (Å²) in [6.07, 6.45) is 29.0. The molecule has 8 heteroatoms. The Kier molecular flexibility index (Phi) is 24.1. The molecule has 0 bridgehead atoms. The van der Waals surface area contributed by atoms with E-state index in [9.17, 15) is 28.0 Å². The van der Waals surface area contributed by atoms with Crippen molar-refractivity contribution in [1.82, 2.24) is 5.32 Å². The van der Waals surface area contributed by atoms with Gasteiger partial charge in [0.05, 0.1) is 17.9 Å². The van der Waals surface area contributed by atoms with Crippen molar-refractivity contribution in [2.75, 3.05) is 5.75 Å². The lowest BCUT2D eigenvalue weighted by molar-refractivity contribution is -0.130. The fourth-order valence-electron chi connectivity index (χ4n) is 3.97. The van der Waals surface area contributed by atoms with Gasteiger partial charge in [0, 0.05) is 0 Å². The third kappa shape index (κ3) is 25.0. The second-order valence-electron chi connectivity index (χ2n) is 10.2. The molecule has 0 aromatic heterocycles. The number of aliphatic hydroxyl groups is 2. The molecule has 39 heavy (non-hydrogen) atoms. The number of allylic oxidation sites excluding steroid dienone is 7.